The second-order valence-electron chi connectivity index (χ2n) is 9.06. The number of benzene rings is 2. The predicted molar refractivity (Wildman–Crippen MR) is 133 cm³/mol. The van der Waals surface area contributed by atoms with Gasteiger partial charge >= 0.3 is 12.1 Å². The Morgan fingerprint density at radius 1 is 1.13 bits per heavy atom. The fraction of sp³-hybridized carbons (Fsp3) is 0.231. The van der Waals surface area contributed by atoms with E-state index in [0.29, 0.717) is 35.7 Å². The maximum atomic E-state index is 14.0. The summed E-state index contributed by atoms with van der Waals surface area (Å²) in [5.41, 5.74) is 0.795. The summed E-state index contributed by atoms with van der Waals surface area (Å²) in [4.78, 5) is 16.7. The van der Waals surface area contributed by atoms with E-state index in [1.165, 1.54) is 24.3 Å². The third-order valence-corrected chi connectivity index (χ3v) is 8.24. The van der Waals surface area contributed by atoms with E-state index in [-0.39, 0.29) is 33.5 Å². The molecule has 0 amide bonds. The molecule has 0 radical (unpaired) electrons. The number of fused-ring (bicyclic) bond motifs is 2. The van der Waals surface area contributed by atoms with Crippen molar-refractivity contribution in [3.8, 4) is 5.75 Å². The van der Waals surface area contributed by atoms with Crippen LogP contribution in [0.2, 0.25) is 0 Å². The van der Waals surface area contributed by atoms with Crippen LogP contribution in [-0.4, -0.2) is 48.6 Å². The third kappa shape index (κ3) is 4.44. The fourth-order valence-corrected chi connectivity index (χ4v) is 6.13. The number of likely N-dealkylation sites (N-methyl/N-ethyl adjacent to an activating group) is 1. The Hall–Kier alpha value is -4.06. The summed E-state index contributed by atoms with van der Waals surface area (Å²) in [5, 5.41) is 9.38. The van der Waals surface area contributed by atoms with Crippen molar-refractivity contribution in [1.29, 1.82) is 0 Å². The van der Waals surface area contributed by atoms with E-state index < -0.39 is 27.9 Å². The highest BCUT2D eigenvalue weighted by Crippen LogP contribution is 2.36. The third-order valence-electron chi connectivity index (χ3n) is 6.48. The van der Waals surface area contributed by atoms with Gasteiger partial charge in [0.2, 0.25) is 0 Å². The maximum absolute atomic E-state index is 14.0. The Labute approximate surface area is 216 Å². The number of ether oxygens (including phenoxy) is 1. The number of hydrogen-bond acceptors (Lipinski definition) is 6. The summed E-state index contributed by atoms with van der Waals surface area (Å²) < 4.78 is 74.7. The Balaban J connectivity index is 1.68. The predicted octanol–water partition coefficient (Wildman–Crippen LogP) is 4.72. The molecule has 8 nitrogen and oxygen atoms in total. The van der Waals surface area contributed by atoms with Gasteiger partial charge in [-0.1, -0.05) is 12.1 Å². The van der Waals surface area contributed by atoms with Crippen LogP contribution in [0.25, 0.3) is 10.9 Å². The van der Waals surface area contributed by atoms with Gasteiger partial charge in [0, 0.05) is 24.5 Å². The van der Waals surface area contributed by atoms with Gasteiger partial charge in [-0.15, -0.1) is 0 Å². The minimum absolute atomic E-state index is 0.00537. The van der Waals surface area contributed by atoms with Crippen molar-refractivity contribution >= 4 is 32.6 Å². The number of aromatic nitrogens is 2. The van der Waals surface area contributed by atoms with Gasteiger partial charge in [-0.25, -0.2) is 22.2 Å². The number of anilines is 1. The smallest absolute Gasteiger partial charge is 0.433 e. The van der Waals surface area contributed by atoms with Gasteiger partial charge in [-0.2, -0.15) is 13.2 Å². The molecule has 4 aromatic rings. The van der Waals surface area contributed by atoms with Crippen molar-refractivity contribution in [3.05, 3.63) is 82.8 Å². The van der Waals surface area contributed by atoms with Crippen LogP contribution in [0.3, 0.4) is 0 Å². The number of rotatable bonds is 5. The maximum Gasteiger partial charge on any atom is 0.433 e. The van der Waals surface area contributed by atoms with Crippen molar-refractivity contribution in [2.24, 2.45) is 0 Å². The number of alkyl halides is 3. The highest BCUT2D eigenvalue weighted by atomic mass is 32.2. The van der Waals surface area contributed by atoms with Gasteiger partial charge in [0.1, 0.15) is 18.1 Å². The largest absolute Gasteiger partial charge is 0.490 e. The monoisotopic (exact) mass is 545 g/mol. The van der Waals surface area contributed by atoms with Crippen molar-refractivity contribution in [1.82, 2.24) is 8.96 Å². The Bertz CT molecular complexity index is 1700. The summed E-state index contributed by atoms with van der Waals surface area (Å²) >= 11 is 0. The Kier molecular flexibility index (Phi) is 6.09. The SMILES string of the molecule is Cc1cc(Cc2cc3cc(C(F)(F)F)ncc3n2S(=O)(=O)c2ccc3c(c2)N(C)CCO3)ccc1C(=O)O. The molecular weight excluding hydrogens is 523 g/mol. The van der Waals surface area contributed by atoms with E-state index in [9.17, 15) is 31.5 Å². The molecule has 0 spiro atoms. The Morgan fingerprint density at radius 2 is 1.89 bits per heavy atom. The second-order valence-corrected chi connectivity index (χ2v) is 10.8. The van der Waals surface area contributed by atoms with Crippen LogP contribution < -0.4 is 9.64 Å². The van der Waals surface area contributed by atoms with Crippen LogP contribution in [0.15, 0.2) is 59.6 Å². The molecule has 0 unspecified atom stereocenters. The van der Waals surface area contributed by atoms with Gasteiger partial charge in [0.05, 0.1) is 34.4 Å². The number of halogens is 3. The van der Waals surface area contributed by atoms with E-state index in [4.69, 9.17) is 4.74 Å². The average Bonchev–Trinajstić information content (AvgIpc) is 3.21. The summed E-state index contributed by atoms with van der Waals surface area (Å²) in [6.07, 6.45) is -3.78. The summed E-state index contributed by atoms with van der Waals surface area (Å²) in [5.74, 6) is -0.571. The van der Waals surface area contributed by atoms with Crippen molar-refractivity contribution < 1.29 is 36.2 Å². The number of nitrogens with zero attached hydrogens (tertiary/aromatic N) is 3. The molecule has 1 N–H and O–H groups in total. The fourth-order valence-electron chi connectivity index (χ4n) is 4.58. The minimum atomic E-state index is -4.71. The molecule has 0 atom stereocenters. The highest BCUT2D eigenvalue weighted by molar-refractivity contribution is 7.90. The first-order chi connectivity index (χ1) is 17.9. The van der Waals surface area contributed by atoms with E-state index in [2.05, 4.69) is 4.98 Å². The van der Waals surface area contributed by atoms with Crippen LogP contribution in [0.4, 0.5) is 18.9 Å². The van der Waals surface area contributed by atoms with E-state index >= 15 is 0 Å². The quantitative estimate of drug-likeness (QED) is 0.387. The molecule has 38 heavy (non-hydrogen) atoms. The molecule has 0 saturated heterocycles. The molecule has 5 rings (SSSR count). The summed E-state index contributed by atoms with van der Waals surface area (Å²) in [7, 11) is -2.49. The normalized spacial score (nSPS) is 13.9. The summed E-state index contributed by atoms with van der Waals surface area (Å²) in [6, 6.07) is 11.2. The molecule has 2 aromatic heterocycles. The van der Waals surface area contributed by atoms with Crippen LogP contribution in [0.5, 0.6) is 5.75 Å². The molecule has 1 aliphatic heterocycles. The van der Waals surface area contributed by atoms with Crippen molar-refractivity contribution in [3.63, 3.8) is 0 Å². The number of aromatic carboxylic acids is 1. The van der Waals surface area contributed by atoms with Crippen LogP contribution in [0.1, 0.15) is 32.9 Å². The van der Waals surface area contributed by atoms with Gasteiger partial charge in [0.25, 0.3) is 10.0 Å². The first kappa shape index (κ1) is 25.6. The second kappa shape index (κ2) is 9.05. The zero-order chi connectivity index (χ0) is 27.4. The highest BCUT2D eigenvalue weighted by Gasteiger charge is 2.34. The van der Waals surface area contributed by atoms with Crippen LogP contribution >= 0.6 is 0 Å². The first-order valence-electron chi connectivity index (χ1n) is 11.5. The number of carboxylic acids is 1. The average molecular weight is 546 g/mol. The molecule has 0 aliphatic carbocycles. The zero-order valence-electron chi connectivity index (χ0n) is 20.3. The molecule has 0 fully saturated rings. The lowest BCUT2D eigenvalue weighted by Gasteiger charge is -2.28. The molecule has 3 heterocycles. The lowest BCUT2D eigenvalue weighted by atomic mass is 10.0. The van der Waals surface area contributed by atoms with Gasteiger partial charge in [-0.3, -0.25) is 0 Å². The molecule has 0 saturated carbocycles. The van der Waals surface area contributed by atoms with Crippen molar-refractivity contribution in [2.45, 2.75) is 24.4 Å². The van der Waals surface area contributed by atoms with Crippen LogP contribution in [-0.2, 0) is 22.6 Å². The zero-order valence-corrected chi connectivity index (χ0v) is 21.1. The van der Waals surface area contributed by atoms with Gasteiger partial charge in [-0.05, 0) is 54.4 Å². The first-order valence-corrected chi connectivity index (χ1v) is 12.9. The van der Waals surface area contributed by atoms with E-state index in [0.717, 1.165) is 16.2 Å². The number of carbonyl (C=O) groups is 1. The number of carboxylic acid groups (broad SMARTS) is 1. The van der Waals surface area contributed by atoms with Crippen molar-refractivity contribution in [2.75, 3.05) is 25.1 Å². The molecule has 12 heteroatoms. The van der Waals surface area contributed by atoms with Crippen LogP contribution in [0, 0.1) is 6.92 Å². The Morgan fingerprint density at radius 3 is 2.58 bits per heavy atom. The van der Waals surface area contributed by atoms with Gasteiger partial charge < -0.3 is 14.7 Å². The molecule has 0 bridgehead atoms. The summed E-state index contributed by atoms with van der Waals surface area (Å²) in [6.45, 7) is 2.63. The molecule has 1 aliphatic rings. The van der Waals surface area contributed by atoms with E-state index in [1.807, 2.05) is 4.90 Å². The minimum Gasteiger partial charge on any atom is -0.490 e. The lowest BCUT2D eigenvalue weighted by molar-refractivity contribution is -0.141. The molecule has 198 valence electrons. The molecular formula is C26H22F3N3O5S. The topological polar surface area (TPSA) is 102 Å². The number of aryl methyl sites for hydroxylation is 1. The number of pyridine rings is 1. The lowest BCUT2D eigenvalue weighted by Crippen LogP contribution is -2.29. The standard InChI is InChI=1S/C26H22F3N3O5S/c1-15-9-16(3-5-20(15)25(33)34)10-18-11-17-12-24(26(27,28)29)30-14-22(17)32(18)38(35,36)19-4-6-23-21(13-19)31(2)7-8-37-23/h3-6,9,11-14H,7-8,10H2,1-2H3,(H,33,34). The number of hydrogen-bond donors (Lipinski definition) is 1. The molecule has 2 aromatic carbocycles. The van der Waals surface area contributed by atoms with E-state index in [1.54, 1.807) is 32.2 Å². The van der Waals surface area contributed by atoms with Gasteiger partial charge in [0.15, 0.2) is 0 Å².